The van der Waals surface area contributed by atoms with E-state index in [2.05, 4.69) is 9.97 Å². The van der Waals surface area contributed by atoms with Crippen molar-refractivity contribution in [3.63, 3.8) is 0 Å². The Morgan fingerprint density at radius 3 is 2.59 bits per heavy atom. The van der Waals surface area contributed by atoms with Crippen LogP contribution in [0.1, 0.15) is 27.4 Å². The van der Waals surface area contributed by atoms with E-state index in [0.717, 1.165) is 17.1 Å². The topological polar surface area (TPSA) is 68.0 Å². The first kappa shape index (κ1) is 11.3. The fourth-order valence-electron chi connectivity index (χ4n) is 1.52. The van der Waals surface area contributed by atoms with Crippen molar-refractivity contribution < 1.29 is 9.90 Å². The fraction of sp³-hybridized carbons (Fsp3) is 0.250. The highest BCUT2D eigenvalue weighted by molar-refractivity contribution is 5.87. The van der Waals surface area contributed by atoms with Crippen molar-refractivity contribution in [3.05, 3.63) is 47.3 Å². The Morgan fingerprint density at radius 2 is 2.12 bits per heavy atom. The highest BCUT2D eigenvalue weighted by Gasteiger charge is 2.05. The molecule has 2 aromatic rings. The molecule has 5 heteroatoms. The molecule has 0 saturated carbocycles. The molecule has 2 heterocycles. The molecule has 0 aliphatic heterocycles. The van der Waals surface area contributed by atoms with E-state index in [1.54, 1.807) is 18.5 Å². The minimum absolute atomic E-state index is 0.201. The maximum atomic E-state index is 10.7. The lowest BCUT2D eigenvalue weighted by Gasteiger charge is -2.05. The van der Waals surface area contributed by atoms with Crippen LogP contribution in [0.15, 0.2) is 24.7 Å². The largest absolute Gasteiger partial charge is 0.478 e. The molecule has 5 nitrogen and oxygen atoms in total. The average Bonchev–Trinajstić information content (AvgIpc) is 2.62. The molecule has 0 aliphatic rings. The van der Waals surface area contributed by atoms with E-state index in [4.69, 9.17) is 5.11 Å². The second-order valence-corrected chi connectivity index (χ2v) is 3.89. The number of aryl methyl sites for hydroxylation is 1. The second kappa shape index (κ2) is 4.37. The normalized spacial score (nSPS) is 10.5. The Hall–Kier alpha value is -2.17. The van der Waals surface area contributed by atoms with Crippen LogP contribution in [0, 0.1) is 13.8 Å². The van der Waals surface area contributed by atoms with Crippen molar-refractivity contribution in [1.82, 2.24) is 14.5 Å². The molecule has 0 fully saturated rings. The number of rotatable bonds is 3. The number of imidazole rings is 1. The molecule has 0 amide bonds. The minimum atomic E-state index is -0.960. The van der Waals surface area contributed by atoms with Gasteiger partial charge in [-0.15, -0.1) is 0 Å². The lowest BCUT2D eigenvalue weighted by Crippen LogP contribution is -2.04. The van der Waals surface area contributed by atoms with Crippen LogP contribution in [0.3, 0.4) is 0 Å². The molecule has 17 heavy (non-hydrogen) atoms. The molecule has 0 bridgehead atoms. The summed E-state index contributed by atoms with van der Waals surface area (Å²) in [5, 5.41) is 8.76. The molecule has 0 aromatic carbocycles. The van der Waals surface area contributed by atoms with E-state index in [1.807, 2.05) is 18.4 Å². The van der Waals surface area contributed by atoms with E-state index >= 15 is 0 Å². The Balaban J connectivity index is 2.19. The van der Waals surface area contributed by atoms with Crippen LogP contribution < -0.4 is 0 Å². The maximum absolute atomic E-state index is 10.7. The summed E-state index contributed by atoms with van der Waals surface area (Å²) in [5.41, 5.74) is 3.10. The van der Waals surface area contributed by atoms with E-state index < -0.39 is 5.97 Å². The molecule has 0 aliphatic carbocycles. The zero-order valence-electron chi connectivity index (χ0n) is 9.71. The number of nitrogens with zero attached hydrogens (tertiary/aromatic N) is 3. The fourth-order valence-corrected chi connectivity index (χ4v) is 1.52. The third kappa shape index (κ3) is 2.33. The van der Waals surface area contributed by atoms with Crippen molar-refractivity contribution >= 4 is 5.97 Å². The van der Waals surface area contributed by atoms with Gasteiger partial charge in [0.15, 0.2) is 0 Å². The zero-order chi connectivity index (χ0) is 12.4. The van der Waals surface area contributed by atoms with E-state index in [-0.39, 0.29) is 5.56 Å². The van der Waals surface area contributed by atoms with Gasteiger partial charge in [-0.05, 0) is 26.0 Å². The van der Waals surface area contributed by atoms with Crippen molar-refractivity contribution in [3.8, 4) is 0 Å². The predicted molar refractivity (Wildman–Crippen MR) is 62.0 cm³/mol. The highest BCUT2D eigenvalue weighted by Crippen LogP contribution is 2.08. The van der Waals surface area contributed by atoms with Crippen LogP contribution in [0.4, 0.5) is 0 Å². The summed E-state index contributed by atoms with van der Waals surface area (Å²) in [6.07, 6.45) is 3.13. The van der Waals surface area contributed by atoms with Gasteiger partial charge in [0.25, 0.3) is 0 Å². The minimum Gasteiger partial charge on any atom is -0.478 e. The summed E-state index contributed by atoms with van der Waals surface area (Å²) < 4.78 is 1.98. The number of pyridine rings is 1. The Morgan fingerprint density at radius 1 is 1.35 bits per heavy atom. The number of aromatic nitrogens is 3. The molecule has 0 unspecified atom stereocenters. The first-order valence-corrected chi connectivity index (χ1v) is 5.24. The smallest absolute Gasteiger partial charge is 0.337 e. The van der Waals surface area contributed by atoms with Crippen LogP contribution in [0.5, 0.6) is 0 Å². The number of aromatic carboxylic acids is 1. The monoisotopic (exact) mass is 231 g/mol. The molecular formula is C12H13N3O2. The molecular weight excluding hydrogens is 218 g/mol. The first-order valence-electron chi connectivity index (χ1n) is 5.24. The van der Waals surface area contributed by atoms with Crippen LogP contribution in [0.25, 0.3) is 0 Å². The third-order valence-corrected chi connectivity index (χ3v) is 2.75. The van der Waals surface area contributed by atoms with Gasteiger partial charge in [0.2, 0.25) is 0 Å². The number of carboxylic acid groups (broad SMARTS) is 1. The van der Waals surface area contributed by atoms with Gasteiger partial charge in [-0.3, -0.25) is 4.98 Å². The maximum Gasteiger partial charge on any atom is 0.337 e. The summed E-state index contributed by atoms with van der Waals surface area (Å²) in [6.45, 7) is 4.55. The number of hydrogen-bond donors (Lipinski definition) is 1. The summed E-state index contributed by atoms with van der Waals surface area (Å²) in [4.78, 5) is 19.0. The second-order valence-electron chi connectivity index (χ2n) is 3.89. The lowest BCUT2D eigenvalue weighted by molar-refractivity contribution is 0.0696. The molecule has 88 valence electrons. The highest BCUT2D eigenvalue weighted by atomic mass is 16.4. The molecule has 0 radical (unpaired) electrons. The number of carbonyl (C=O) groups is 1. The van der Waals surface area contributed by atoms with Crippen LogP contribution in [-0.2, 0) is 6.54 Å². The van der Waals surface area contributed by atoms with Gasteiger partial charge in [-0.25, -0.2) is 9.78 Å². The first-order chi connectivity index (χ1) is 8.08. The molecule has 1 N–H and O–H groups in total. The Kier molecular flexibility index (Phi) is 2.91. The zero-order valence-corrected chi connectivity index (χ0v) is 9.71. The van der Waals surface area contributed by atoms with Crippen LogP contribution in [0.2, 0.25) is 0 Å². The molecule has 2 aromatic heterocycles. The summed E-state index contributed by atoms with van der Waals surface area (Å²) in [6, 6.07) is 3.28. The van der Waals surface area contributed by atoms with Gasteiger partial charge in [0.1, 0.15) is 0 Å². The molecule has 0 saturated heterocycles. The van der Waals surface area contributed by atoms with E-state index in [9.17, 15) is 4.79 Å². The van der Waals surface area contributed by atoms with E-state index in [1.165, 1.54) is 6.20 Å². The van der Waals surface area contributed by atoms with Crippen molar-refractivity contribution in [1.29, 1.82) is 0 Å². The Labute approximate surface area is 98.8 Å². The molecule has 2 rings (SSSR count). The van der Waals surface area contributed by atoms with Gasteiger partial charge in [0.05, 0.1) is 29.8 Å². The standard InChI is InChI=1S/C12H13N3O2/c1-8-9(2)15(7-14-8)6-11-4-3-10(5-13-11)12(16)17/h3-5,7H,6H2,1-2H3,(H,16,17). The van der Waals surface area contributed by atoms with E-state index in [0.29, 0.717) is 6.54 Å². The summed E-state index contributed by atoms with van der Waals surface area (Å²) in [7, 11) is 0. The Bertz CT molecular complexity index is 543. The van der Waals surface area contributed by atoms with Crippen molar-refractivity contribution in [2.24, 2.45) is 0 Å². The van der Waals surface area contributed by atoms with Gasteiger partial charge < -0.3 is 9.67 Å². The average molecular weight is 231 g/mol. The van der Waals surface area contributed by atoms with Gasteiger partial charge in [0, 0.05) is 11.9 Å². The van der Waals surface area contributed by atoms with Gasteiger partial charge in [-0.1, -0.05) is 0 Å². The number of carboxylic acids is 1. The quantitative estimate of drug-likeness (QED) is 0.871. The van der Waals surface area contributed by atoms with Crippen molar-refractivity contribution in [2.75, 3.05) is 0 Å². The summed E-state index contributed by atoms with van der Waals surface area (Å²) >= 11 is 0. The molecule has 0 atom stereocenters. The van der Waals surface area contributed by atoms with Crippen LogP contribution >= 0.6 is 0 Å². The van der Waals surface area contributed by atoms with Gasteiger partial charge >= 0.3 is 5.97 Å². The van der Waals surface area contributed by atoms with Crippen molar-refractivity contribution in [2.45, 2.75) is 20.4 Å². The number of hydrogen-bond acceptors (Lipinski definition) is 3. The molecule has 0 spiro atoms. The predicted octanol–water partition coefficient (Wildman–Crippen LogP) is 1.64. The summed E-state index contributed by atoms with van der Waals surface area (Å²) in [5.74, 6) is -0.960. The third-order valence-electron chi connectivity index (χ3n) is 2.75. The van der Waals surface area contributed by atoms with Crippen LogP contribution in [-0.4, -0.2) is 25.6 Å². The lowest BCUT2D eigenvalue weighted by atomic mass is 10.2. The van der Waals surface area contributed by atoms with Gasteiger partial charge in [-0.2, -0.15) is 0 Å². The SMILES string of the molecule is Cc1ncn(Cc2ccc(C(=O)O)cn2)c1C.